The molecule has 0 aliphatic heterocycles. The zero-order valence-electron chi connectivity index (χ0n) is 12.0. The van der Waals surface area contributed by atoms with E-state index in [9.17, 15) is 8.53 Å². The van der Waals surface area contributed by atoms with E-state index in [1.807, 2.05) is 28.8 Å². The topological polar surface area (TPSA) is 104 Å². The molecular weight excluding hydrogens is 361 g/mol. The van der Waals surface area contributed by atoms with Gasteiger partial charge >= 0.3 is 134 Å². The number of carbonyl (C=O) groups excluding carboxylic acids is 1. The Morgan fingerprint density at radius 1 is 1.17 bits per heavy atom. The second kappa shape index (κ2) is 6.04. The second-order valence-corrected chi connectivity index (χ2v) is 8.38. The molecule has 118 valence electrons. The summed E-state index contributed by atoms with van der Waals surface area (Å²) in [6.45, 7) is 0. The van der Waals surface area contributed by atoms with Crippen molar-refractivity contribution in [1.29, 1.82) is 0 Å². The van der Waals surface area contributed by atoms with Crippen molar-refractivity contribution in [3.8, 4) is 0 Å². The normalized spacial score (nSPS) is 11.6. The zero-order chi connectivity index (χ0) is 16.4. The van der Waals surface area contributed by atoms with Crippen LogP contribution in [0.4, 0.5) is 5.69 Å². The first kappa shape index (κ1) is 15.6. The van der Waals surface area contributed by atoms with Gasteiger partial charge in [-0.05, 0) is 0 Å². The molecule has 0 fully saturated rings. The minimum atomic E-state index is -4.89. The van der Waals surface area contributed by atoms with Gasteiger partial charge in [-0.2, -0.15) is 0 Å². The molecule has 8 heteroatoms. The van der Waals surface area contributed by atoms with E-state index in [0.717, 1.165) is 5.65 Å². The van der Waals surface area contributed by atoms with Gasteiger partial charge in [0.25, 0.3) is 0 Å². The van der Waals surface area contributed by atoms with Gasteiger partial charge in [0.1, 0.15) is 0 Å². The van der Waals surface area contributed by atoms with E-state index >= 15 is 0 Å². The molecule has 23 heavy (non-hydrogen) atoms. The summed E-state index contributed by atoms with van der Waals surface area (Å²) in [6.07, 6.45) is 3.76. The molecule has 0 bridgehead atoms. The fourth-order valence-corrected chi connectivity index (χ4v) is 3.31. The van der Waals surface area contributed by atoms with Crippen LogP contribution in [0.15, 0.2) is 54.9 Å². The quantitative estimate of drug-likeness (QED) is 0.561. The molecule has 0 aliphatic rings. The van der Waals surface area contributed by atoms with E-state index in [2.05, 4.69) is 10.3 Å². The van der Waals surface area contributed by atoms with Gasteiger partial charge in [0.05, 0.1) is 0 Å². The van der Waals surface area contributed by atoms with Crippen molar-refractivity contribution < 1.29 is 16.7 Å². The second-order valence-electron chi connectivity index (χ2n) is 5.01. The van der Waals surface area contributed by atoms with Crippen LogP contribution in [0, 0.1) is 0 Å². The van der Waals surface area contributed by atoms with Gasteiger partial charge in [-0.1, -0.05) is 0 Å². The van der Waals surface area contributed by atoms with Crippen molar-refractivity contribution in [2.24, 2.45) is 0 Å². The van der Waals surface area contributed by atoms with Crippen LogP contribution in [0.25, 0.3) is 5.65 Å². The van der Waals surface area contributed by atoms with Gasteiger partial charge in [0.15, 0.2) is 0 Å². The molecular formula is C15H14AsN3O4. The third-order valence-corrected chi connectivity index (χ3v) is 5.28. The average molecular weight is 375 g/mol. The Morgan fingerprint density at radius 3 is 2.57 bits per heavy atom. The van der Waals surface area contributed by atoms with E-state index in [-0.39, 0.29) is 16.7 Å². The summed E-state index contributed by atoms with van der Waals surface area (Å²) in [4.78, 5) is 16.4. The van der Waals surface area contributed by atoms with Crippen molar-refractivity contribution in [3.63, 3.8) is 0 Å². The fraction of sp³-hybridized carbons (Fsp3) is 0.0667. The summed E-state index contributed by atoms with van der Waals surface area (Å²) in [5, 5.41) is 2.68. The molecule has 0 radical (unpaired) electrons. The molecule has 3 N–H and O–H groups in total. The maximum atomic E-state index is 12.0. The molecule has 0 saturated carbocycles. The molecule has 3 aromatic rings. The number of anilines is 1. The van der Waals surface area contributed by atoms with Crippen LogP contribution < -0.4 is 9.67 Å². The first-order valence-electron chi connectivity index (χ1n) is 6.80. The molecule has 0 atom stereocenters. The Hall–Kier alpha value is -2.34. The van der Waals surface area contributed by atoms with Gasteiger partial charge in [-0.15, -0.1) is 0 Å². The van der Waals surface area contributed by atoms with Gasteiger partial charge in [-0.3, -0.25) is 0 Å². The maximum absolute atomic E-state index is 12.0. The average Bonchev–Trinajstić information content (AvgIpc) is 2.88. The Balaban J connectivity index is 1.68. The first-order valence-corrected chi connectivity index (χ1v) is 10.2. The van der Waals surface area contributed by atoms with Crippen LogP contribution in [0.2, 0.25) is 0 Å². The summed E-state index contributed by atoms with van der Waals surface area (Å²) in [5.74, 6) is -0.248. The molecule has 0 aliphatic carbocycles. The van der Waals surface area contributed by atoms with Crippen LogP contribution in [0.5, 0.6) is 0 Å². The van der Waals surface area contributed by atoms with Crippen molar-refractivity contribution in [1.82, 2.24) is 9.38 Å². The third-order valence-electron chi connectivity index (χ3n) is 3.24. The molecule has 3 rings (SSSR count). The zero-order valence-corrected chi connectivity index (χ0v) is 13.8. The predicted molar refractivity (Wildman–Crippen MR) is 84.5 cm³/mol. The number of pyridine rings is 1. The number of imidazole rings is 1. The Labute approximate surface area is 134 Å². The molecule has 2 heterocycles. The van der Waals surface area contributed by atoms with E-state index in [1.54, 1.807) is 6.20 Å². The van der Waals surface area contributed by atoms with Crippen molar-refractivity contribution in [3.05, 3.63) is 60.6 Å². The van der Waals surface area contributed by atoms with Crippen LogP contribution >= 0.6 is 0 Å². The number of aromatic nitrogens is 2. The molecule has 1 amide bonds. The van der Waals surface area contributed by atoms with E-state index in [0.29, 0.717) is 11.4 Å². The number of fused-ring (bicyclic) bond motifs is 1. The first-order chi connectivity index (χ1) is 10.9. The van der Waals surface area contributed by atoms with E-state index in [1.165, 1.54) is 24.3 Å². The number of carbonyl (C=O) groups is 1. The Kier molecular flexibility index (Phi) is 4.08. The van der Waals surface area contributed by atoms with Crippen LogP contribution in [0.1, 0.15) is 5.69 Å². The summed E-state index contributed by atoms with van der Waals surface area (Å²) in [6, 6.07) is 11.2. The van der Waals surface area contributed by atoms with Crippen molar-refractivity contribution in [2.45, 2.75) is 6.42 Å². The summed E-state index contributed by atoms with van der Waals surface area (Å²) in [5.41, 5.74) is 1.89. The molecule has 0 saturated heterocycles. The number of hydrogen-bond acceptors (Lipinski definition) is 3. The third kappa shape index (κ3) is 3.71. The predicted octanol–water partition coefficient (Wildman–Crippen LogP) is 0.0765. The summed E-state index contributed by atoms with van der Waals surface area (Å²) >= 11 is -4.89. The van der Waals surface area contributed by atoms with Gasteiger partial charge in [-0.25, -0.2) is 0 Å². The van der Waals surface area contributed by atoms with Gasteiger partial charge in [0, 0.05) is 0 Å². The number of benzene rings is 1. The van der Waals surface area contributed by atoms with Crippen LogP contribution in [0.3, 0.4) is 0 Å². The van der Waals surface area contributed by atoms with Crippen LogP contribution in [-0.4, -0.2) is 37.7 Å². The van der Waals surface area contributed by atoms with E-state index < -0.39 is 14.2 Å². The van der Waals surface area contributed by atoms with Gasteiger partial charge < -0.3 is 0 Å². The molecule has 0 spiro atoms. The Bertz CT molecular complexity index is 865. The van der Waals surface area contributed by atoms with Gasteiger partial charge in [0.2, 0.25) is 0 Å². The van der Waals surface area contributed by atoms with Crippen molar-refractivity contribution in [2.75, 3.05) is 5.32 Å². The Morgan fingerprint density at radius 2 is 1.91 bits per heavy atom. The SMILES string of the molecule is O=C(Cc1cn2ccccc2n1)Nc1ccc([As](=O)(O)O)cc1. The molecule has 1 aromatic carbocycles. The number of amides is 1. The van der Waals surface area contributed by atoms with Crippen molar-refractivity contribution >= 4 is 35.8 Å². The number of hydrogen-bond donors (Lipinski definition) is 3. The number of rotatable bonds is 4. The standard InChI is InChI=1S/C15H14AsN3O4/c20-15(9-13-10-19-8-2-1-3-14(19)17-13)18-12-6-4-11(5-7-12)16(21,22)23/h1-8,10H,9H2,(H,18,20)(H2,21,22,23). The minimum absolute atomic E-state index is 0.0264. The molecule has 0 unspecified atom stereocenters. The molecule has 7 nitrogen and oxygen atoms in total. The van der Waals surface area contributed by atoms with E-state index in [4.69, 9.17) is 8.19 Å². The summed E-state index contributed by atoms with van der Waals surface area (Å²) in [7, 11) is 0. The molecule has 2 aromatic heterocycles. The fourth-order valence-electron chi connectivity index (χ4n) is 2.18. The number of nitrogens with zero attached hydrogens (tertiary/aromatic N) is 2. The number of nitrogens with one attached hydrogen (secondary N) is 1. The monoisotopic (exact) mass is 375 g/mol. The van der Waals surface area contributed by atoms with Crippen LogP contribution in [-0.2, 0) is 15.0 Å². The summed E-state index contributed by atoms with van der Waals surface area (Å²) < 4.78 is 31.2.